The highest BCUT2D eigenvalue weighted by Gasteiger charge is 2.50. The van der Waals surface area contributed by atoms with Gasteiger partial charge in [0, 0.05) is 19.3 Å². The van der Waals surface area contributed by atoms with Crippen molar-refractivity contribution < 1.29 is 58.2 Å². The normalized spacial score (nSPS) is 18.7. The lowest BCUT2D eigenvalue weighted by molar-refractivity contribution is -0.301. The Balaban J connectivity index is 2.79. The van der Waals surface area contributed by atoms with Crippen LogP contribution in [0.15, 0.2) is 194 Å². The van der Waals surface area contributed by atoms with Crippen LogP contribution in [0.1, 0.15) is 201 Å². The lowest BCUT2D eigenvalue weighted by Gasteiger charge is -2.40. The fourth-order valence-corrected chi connectivity index (χ4v) is 8.35. The maximum atomic E-state index is 13.2. The van der Waals surface area contributed by atoms with Gasteiger partial charge in [-0.15, -0.1) is 0 Å². The zero-order valence-corrected chi connectivity index (χ0v) is 53.2. The maximum absolute atomic E-state index is 13.2. The molecular weight excluding hydrogens is 1090 g/mol. The fourth-order valence-electron chi connectivity index (χ4n) is 8.35. The van der Waals surface area contributed by atoms with Crippen molar-refractivity contribution in [2.75, 3.05) is 13.2 Å². The molecule has 12 heteroatoms. The van der Waals surface area contributed by atoms with Crippen LogP contribution in [0.3, 0.4) is 0 Å². The zero-order valence-electron chi connectivity index (χ0n) is 53.2. The van der Waals surface area contributed by atoms with Crippen LogP contribution in [0.5, 0.6) is 0 Å². The molecule has 1 saturated heterocycles. The largest absolute Gasteiger partial charge is 0.479 e. The van der Waals surface area contributed by atoms with Gasteiger partial charge < -0.3 is 39.0 Å². The molecule has 6 atom stereocenters. The molecule has 1 heterocycles. The summed E-state index contributed by atoms with van der Waals surface area (Å²) in [6.07, 6.45) is 79.8. The van der Waals surface area contributed by atoms with Gasteiger partial charge in [-0.25, -0.2) is 4.79 Å². The Labute approximate surface area is 524 Å². The minimum Gasteiger partial charge on any atom is -0.479 e. The molecule has 0 saturated carbocycles. The molecule has 482 valence electrons. The third kappa shape index (κ3) is 49.3. The van der Waals surface area contributed by atoms with Gasteiger partial charge in [-0.2, -0.15) is 0 Å². The van der Waals surface area contributed by atoms with Crippen LogP contribution in [0.4, 0.5) is 0 Å². The monoisotopic (exact) mass is 1200 g/mol. The Kier molecular flexibility index (Phi) is 54.1. The van der Waals surface area contributed by atoms with Gasteiger partial charge in [-0.05, 0) is 135 Å². The number of aliphatic hydroxyl groups excluding tert-OH is 2. The Hall–Kier alpha value is -6.44. The third-order valence-corrected chi connectivity index (χ3v) is 13.2. The molecule has 6 unspecified atom stereocenters. The molecule has 0 aliphatic carbocycles. The number of ether oxygens (including phenoxy) is 5. The van der Waals surface area contributed by atoms with Gasteiger partial charge in [-0.1, -0.05) is 241 Å². The Bertz CT molecular complexity index is 2260. The van der Waals surface area contributed by atoms with E-state index in [2.05, 4.69) is 191 Å². The number of aliphatic carboxylic acids is 1. The molecular formula is C75H110O12. The Morgan fingerprint density at radius 3 is 1.09 bits per heavy atom. The molecule has 0 bridgehead atoms. The van der Waals surface area contributed by atoms with E-state index in [0.717, 1.165) is 128 Å². The van der Waals surface area contributed by atoms with Gasteiger partial charge in [0.25, 0.3) is 0 Å². The molecule has 3 N–H and O–H groups in total. The van der Waals surface area contributed by atoms with E-state index >= 15 is 0 Å². The van der Waals surface area contributed by atoms with Crippen molar-refractivity contribution in [3.63, 3.8) is 0 Å². The number of carbonyl (C=O) groups is 4. The molecule has 12 nitrogen and oxygen atoms in total. The summed E-state index contributed by atoms with van der Waals surface area (Å²) in [4.78, 5) is 51.3. The van der Waals surface area contributed by atoms with E-state index in [9.17, 15) is 34.5 Å². The van der Waals surface area contributed by atoms with E-state index in [0.29, 0.717) is 32.1 Å². The number of carboxylic acids is 1. The van der Waals surface area contributed by atoms with E-state index in [1.54, 1.807) is 0 Å². The van der Waals surface area contributed by atoms with Gasteiger partial charge in [0.05, 0.1) is 6.61 Å². The number of rotatable bonds is 52. The van der Waals surface area contributed by atoms with E-state index in [4.69, 9.17) is 23.7 Å². The highest BCUT2D eigenvalue weighted by atomic mass is 16.7. The van der Waals surface area contributed by atoms with Crippen molar-refractivity contribution in [2.24, 2.45) is 0 Å². The summed E-state index contributed by atoms with van der Waals surface area (Å²) in [6, 6.07) is 0. The minimum atomic E-state index is -1.94. The Morgan fingerprint density at radius 1 is 0.379 bits per heavy atom. The number of allylic oxidation sites excluding steroid dienone is 32. The standard InChI is InChI=1S/C75H110O12/c1-4-7-10-13-16-19-22-25-28-31-34-37-40-43-46-49-52-55-58-61-67(76)83-64-66(85-68(77)62-59-56-53-50-47-44-41-38-35-32-29-26-23-20-17-14-11-8-5-2)65-84-75-73(71(80)70(79)72(87-75)74(81)82)86-69(78)63-60-57-54-51-48-45-42-39-36-33-30-27-24-21-18-15-12-9-6-3/h7-12,16-21,25-30,34-39,43-44,46-47,52-53,55-56,66,70-73,75,79-80H,4-6,13-15,22-24,31-33,40-42,45,48-51,54,57-65H2,1-3H3,(H,81,82)/b10-7-,11-8-,12-9-,19-16-,20-17-,21-18-,28-25-,29-26-,30-27-,37-34-,38-35-,39-36-,46-43-,47-44-,55-52-,56-53-. The van der Waals surface area contributed by atoms with Crippen LogP contribution >= 0.6 is 0 Å². The molecule has 1 aliphatic heterocycles. The van der Waals surface area contributed by atoms with Crippen LogP contribution < -0.4 is 0 Å². The summed E-state index contributed by atoms with van der Waals surface area (Å²) in [5.41, 5.74) is 0. The third-order valence-electron chi connectivity index (χ3n) is 13.2. The van der Waals surface area contributed by atoms with E-state index in [1.165, 1.54) is 0 Å². The average Bonchev–Trinajstić information content (AvgIpc) is 2.56. The molecule has 0 aromatic rings. The predicted octanol–water partition coefficient (Wildman–Crippen LogP) is 17.8. The topological polar surface area (TPSA) is 175 Å². The van der Waals surface area contributed by atoms with Crippen LogP contribution in [0.2, 0.25) is 0 Å². The summed E-state index contributed by atoms with van der Waals surface area (Å²) in [5.74, 6) is -3.40. The van der Waals surface area contributed by atoms with Crippen molar-refractivity contribution in [3.05, 3.63) is 194 Å². The first-order valence-corrected chi connectivity index (χ1v) is 32.4. The van der Waals surface area contributed by atoms with Crippen LogP contribution in [0, 0.1) is 0 Å². The number of carbonyl (C=O) groups excluding carboxylic acids is 3. The fraction of sp³-hybridized carbons (Fsp3) is 0.520. The summed E-state index contributed by atoms with van der Waals surface area (Å²) >= 11 is 0. The van der Waals surface area contributed by atoms with E-state index in [1.807, 2.05) is 24.3 Å². The lowest BCUT2D eigenvalue weighted by Crippen LogP contribution is -2.61. The number of hydrogen-bond acceptors (Lipinski definition) is 11. The molecule has 87 heavy (non-hydrogen) atoms. The second-order valence-electron chi connectivity index (χ2n) is 20.9. The van der Waals surface area contributed by atoms with Crippen molar-refractivity contribution in [3.8, 4) is 0 Å². The highest BCUT2D eigenvalue weighted by Crippen LogP contribution is 2.26. The van der Waals surface area contributed by atoms with Gasteiger partial charge in [0.1, 0.15) is 18.8 Å². The van der Waals surface area contributed by atoms with Crippen molar-refractivity contribution >= 4 is 23.9 Å². The molecule has 0 aromatic heterocycles. The molecule has 0 aromatic carbocycles. The highest BCUT2D eigenvalue weighted by molar-refractivity contribution is 5.74. The van der Waals surface area contributed by atoms with Crippen LogP contribution in [-0.4, -0.2) is 89.2 Å². The van der Waals surface area contributed by atoms with Gasteiger partial charge >= 0.3 is 23.9 Å². The summed E-state index contributed by atoms with van der Waals surface area (Å²) in [6.45, 7) is 5.51. The van der Waals surface area contributed by atoms with Gasteiger partial charge in [-0.3, -0.25) is 14.4 Å². The number of esters is 3. The number of aliphatic hydroxyl groups is 2. The van der Waals surface area contributed by atoms with Gasteiger partial charge in [0.15, 0.2) is 24.6 Å². The second kappa shape index (κ2) is 59.9. The Morgan fingerprint density at radius 2 is 0.713 bits per heavy atom. The van der Waals surface area contributed by atoms with Crippen molar-refractivity contribution in [1.29, 1.82) is 0 Å². The predicted molar refractivity (Wildman–Crippen MR) is 358 cm³/mol. The summed E-state index contributed by atoms with van der Waals surface area (Å²) in [7, 11) is 0. The molecule has 1 fully saturated rings. The first-order valence-electron chi connectivity index (χ1n) is 32.4. The summed E-state index contributed by atoms with van der Waals surface area (Å²) in [5, 5.41) is 31.6. The number of carboxylic acid groups (broad SMARTS) is 1. The quantitative estimate of drug-likeness (QED) is 0.0228. The SMILES string of the molecule is CC/C=C\C/C=C\C/C=C\C/C=C\C/C=C\C/C=C\CCC(=O)OCC(COC1OC(C(=O)O)C(O)C(O)C1OC(=O)CCCCCCCC/C=C\C/C=C\C/C=C\C/C=C\CC)OC(=O)CC/C=C\C/C=C\C/C=C\C/C=C\C/C=C\C/C=C\CC. The average molecular weight is 1200 g/mol. The first-order chi connectivity index (χ1) is 42.6. The summed E-state index contributed by atoms with van der Waals surface area (Å²) < 4.78 is 28.3. The second-order valence-corrected chi connectivity index (χ2v) is 20.9. The lowest BCUT2D eigenvalue weighted by atomic mass is 9.98. The molecule has 1 rings (SSSR count). The maximum Gasteiger partial charge on any atom is 0.335 e. The number of hydrogen-bond donors (Lipinski definition) is 3. The minimum absolute atomic E-state index is 0.00743. The van der Waals surface area contributed by atoms with E-state index < -0.39 is 73.9 Å². The van der Waals surface area contributed by atoms with Gasteiger partial charge in [0.2, 0.25) is 0 Å². The first kappa shape index (κ1) is 78.6. The molecule has 0 spiro atoms. The molecule has 0 amide bonds. The smallest absolute Gasteiger partial charge is 0.335 e. The van der Waals surface area contributed by atoms with Crippen LogP contribution in [-0.2, 0) is 42.9 Å². The van der Waals surface area contributed by atoms with Crippen molar-refractivity contribution in [1.82, 2.24) is 0 Å². The molecule has 1 aliphatic rings. The molecule has 0 radical (unpaired) electrons. The van der Waals surface area contributed by atoms with Crippen molar-refractivity contribution in [2.45, 2.75) is 237 Å². The number of unbranched alkanes of at least 4 members (excludes halogenated alkanes) is 6. The zero-order chi connectivity index (χ0) is 63.1. The van der Waals surface area contributed by atoms with Crippen LogP contribution in [0.25, 0.3) is 0 Å². The van der Waals surface area contributed by atoms with E-state index in [-0.39, 0.29) is 19.3 Å².